The highest BCUT2D eigenvalue weighted by Crippen LogP contribution is 2.40. The maximum atomic E-state index is 14.8. The number of imidazole rings is 1. The molecular formula is C28H20ClF5N4. The zero-order chi connectivity index (χ0) is 27.1. The molecule has 0 aliphatic heterocycles. The third-order valence-corrected chi connectivity index (χ3v) is 6.59. The van der Waals surface area contributed by atoms with Crippen LogP contribution in [0.15, 0.2) is 79.0 Å². The van der Waals surface area contributed by atoms with E-state index in [0.717, 1.165) is 17.7 Å². The van der Waals surface area contributed by atoms with Gasteiger partial charge in [0.05, 0.1) is 27.3 Å². The number of rotatable bonds is 6. The zero-order valence-electron chi connectivity index (χ0n) is 19.9. The van der Waals surface area contributed by atoms with Crippen LogP contribution in [-0.2, 0) is 18.1 Å². The van der Waals surface area contributed by atoms with E-state index in [9.17, 15) is 22.0 Å². The van der Waals surface area contributed by atoms with Crippen molar-refractivity contribution in [2.24, 2.45) is 0 Å². The van der Waals surface area contributed by atoms with Crippen LogP contribution in [0.1, 0.15) is 27.9 Å². The maximum absolute atomic E-state index is 14.8. The lowest BCUT2D eigenvalue weighted by Gasteiger charge is -2.36. The van der Waals surface area contributed by atoms with E-state index in [1.54, 1.807) is 49.4 Å². The molecule has 0 amide bonds. The van der Waals surface area contributed by atoms with E-state index in [2.05, 4.69) is 20.3 Å². The van der Waals surface area contributed by atoms with Crippen LogP contribution in [0.4, 0.5) is 27.9 Å². The molecule has 1 atom stereocenters. The summed E-state index contributed by atoms with van der Waals surface area (Å²) in [6, 6.07) is 17.3. The molecule has 0 aliphatic rings. The van der Waals surface area contributed by atoms with Gasteiger partial charge < -0.3 is 10.3 Å². The van der Waals surface area contributed by atoms with Crippen molar-refractivity contribution in [2.75, 3.05) is 5.32 Å². The fourth-order valence-electron chi connectivity index (χ4n) is 4.50. The van der Waals surface area contributed by atoms with E-state index in [4.69, 9.17) is 11.6 Å². The number of hydrogen-bond donors (Lipinski definition) is 2. The van der Waals surface area contributed by atoms with Gasteiger partial charge in [-0.25, -0.2) is 13.8 Å². The number of anilines is 1. The predicted molar refractivity (Wildman–Crippen MR) is 136 cm³/mol. The molecule has 0 spiro atoms. The van der Waals surface area contributed by atoms with Gasteiger partial charge in [0.25, 0.3) is 0 Å². The number of alkyl halides is 3. The molecular weight excluding hydrogens is 523 g/mol. The quantitative estimate of drug-likeness (QED) is 0.215. The first-order valence-electron chi connectivity index (χ1n) is 11.5. The average molecular weight is 543 g/mol. The molecule has 38 heavy (non-hydrogen) atoms. The summed E-state index contributed by atoms with van der Waals surface area (Å²) in [5.74, 6) is -1.38. The molecule has 1 unspecified atom stereocenters. The molecule has 2 aromatic heterocycles. The Morgan fingerprint density at radius 1 is 0.921 bits per heavy atom. The van der Waals surface area contributed by atoms with E-state index >= 15 is 0 Å². The minimum Gasteiger partial charge on any atom is -0.340 e. The van der Waals surface area contributed by atoms with E-state index in [0.29, 0.717) is 27.7 Å². The lowest BCUT2D eigenvalue weighted by Crippen LogP contribution is -2.40. The van der Waals surface area contributed by atoms with Crippen molar-refractivity contribution in [3.8, 4) is 0 Å². The number of aryl methyl sites for hydroxylation is 1. The Bertz CT molecular complexity index is 1600. The van der Waals surface area contributed by atoms with Crippen molar-refractivity contribution in [2.45, 2.75) is 25.1 Å². The number of H-pyrrole nitrogens is 1. The van der Waals surface area contributed by atoms with Crippen LogP contribution < -0.4 is 5.32 Å². The molecule has 4 nitrogen and oxygen atoms in total. The lowest BCUT2D eigenvalue weighted by atomic mass is 9.80. The Morgan fingerprint density at radius 2 is 1.66 bits per heavy atom. The van der Waals surface area contributed by atoms with Crippen molar-refractivity contribution in [3.05, 3.63) is 124 Å². The van der Waals surface area contributed by atoms with Gasteiger partial charge in [0.15, 0.2) is 0 Å². The van der Waals surface area contributed by atoms with Gasteiger partial charge in [-0.1, -0.05) is 41.9 Å². The minimum absolute atomic E-state index is 0.0353. The SMILES string of the molecule is Cc1c(F)ccc2[nH]c(NC(Cc3ccccc3)(c3cc(F)cc(C(F)(F)F)c3)c3ccc(Cl)cn3)nc12. The molecule has 5 rings (SSSR count). The van der Waals surface area contributed by atoms with Crippen LogP contribution in [0.3, 0.4) is 0 Å². The van der Waals surface area contributed by atoms with Gasteiger partial charge in [-0.15, -0.1) is 0 Å². The van der Waals surface area contributed by atoms with Crippen molar-refractivity contribution in [1.82, 2.24) is 15.0 Å². The van der Waals surface area contributed by atoms with Crippen molar-refractivity contribution < 1.29 is 22.0 Å². The molecule has 0 fully saturated rings. The van der Waals surface area contributed by atoms with Crippen LogP contribution in [0.5, 0.6) is 0 Å². The monoisotopic (exact) mass is 542 g/mol. The molecule has 194 valence electrons. The van der Waals surface area contributed by atoms with Crippen molar-refractivity contribution in [3.63, 3.8) is 0 Å². The highest BCUT2D eigenvalue weighted by Gasteiger charge is 2.40. The number of nitrogens with one attached hydrogen (secondary N) is 2. The first-order chi connectivity index (χ1) is 18.0. The van der Waals surface area contributed by atoms with E-state index in [-0.39, 0.29) is 23.6 Å². The third-order valence-electron chi connectivity index (χ3n) is 6.37. The normalized spacial score (nSPS) is 13.4. The Morgan fingerprint density at radius 3 is 2.34 bits per heavy atom. The number of aromatic amines is 1. The average Bonchev–Trinajstić information content (AvgIpc) is 3.29. The summed E-state index contributed by atoms with van der Waals surface area (Å²) in [5, 5.41) is 3.52. The highest BCUT2D eigenvalue weighted by molar-refractivity contribution is 6.30. The number of hydrogen-bond acceptors (Lipinski definition) is 3. The van der Waals surface area contributed by atoms with Crippen LogP contribution >= 0.6 is 11.6 Å². The number of benzene rings is 3. The Kier molecular flexibility index (Phi) is 6.56. The van der Waals surface area contributed by atoms with Gasteiger partial charge in [-0.3, -0.25) is 4.98 Å². The summed E-state index contributed by atoms with van der Waals surface area (Å²) >= 11 is 6.08. The van der Waals surface area contributed by atoms with E-state index in [1.807, 2.05) is 0 Å². The van der Waals surface area contributed by atoms with Crippen molar-refractivity contribution >= 4 is 28.6 Å². The maximum Gasteiger partial charge on any atom is 0.416 e. The Labute approximate surface area is 219 Å². The zero-order valence-corrected chi connectivity index (χ0v) is 20.6. The van der Waals surface area contributed by atoms with Crippen LogP contribution in [0.25, 0.3) is 11.0 Å². The molecule has 0 radical (unpaired) electrons. The number of halogens is 6. The largest absolute Gasteiger partial charge is 0.416 e. The summed E-state index contributed by atoms with van der Waals surface area (Å²) in [4.78, 5) is 12.0. The van der Waals surface area contributed by atoms with Gasteiger partial charge in [0, 0.05) is 18.2 Å². The standard InChI is InChI=1S/C28H20ClF5N4/c1-16-22(31)8-9-23-25(16)37-26(36-23)38-27(14-17-5-3-2-4-6-17,24-10-7-20(29)15-35-24)18-11-19(28(32,33)34)13-21(30)12-18/h2-13,15H,14H2,1H3,(H2,36,37,38). The lowest BCUT2D eigenvalue weighted by molar-refractivity contribution is -0.137. The first kappa shape index (κ1) is 25.7. The van der Waals surface area contributed by atoms with Crippen LogP contribution in [0.2, 0.25) is 5.02 Å². The smallest absolute Gasteiger partial charge is 0.340 e. The fraction of sp³-hybridized carbons (Fsp3) is 0.143. The van der Waals surface area contributed by atoms with Gasteiger partial charge in [-0.2, -0.15) is 13.2 Å². The summed E-state index contributed by atoms with van der Waals surface area (Å²) in [5.41, 5.74) is -0.570. The summed E-state index contributed by atoms with van der Waals surface area (Å²) in [6.07, 6.45) is -3.37. The number of pyridine rings is 1. The summed E-state index contributed by atoms with van der Waals surface area (Å²) < 4.78 is 70.4. The van der Waals surface area contributed by atoms with E-state index in [1.165, 1.54) is 18.3 Å². The fourth-order valence-corrected chi connectivity index (χ4v) is 4.61. The molecule has 2 N–H and O–H groups in total. The van der Waals surface area contributed by atoms with Gasteiger partial charge in [-0.05, 0) is 60.5 Å². The summed E-state index contributed by atoms with van der Waals surface area (Å²) in [7, 11) is 0. The molecule has 2 heterocycles. The third kappa shape index (κ3) is 4.93. The first-order valence-corrected chi connectivity index (χ1v) is 11.9. The van der Waals surface area contributed by atoms with Gasteiger partial charge in [0.1, 0.15) is 17.2 Å². The molecule has 0 saturated carbocycles. The van der Waals surface area contributed by atoms with Gasteiger partial charge >= 0.3 is 6.18 Å². The molecule has 3 aromatic carbocycles. The second-order valence-corrected chi connectivity index (χ2v) is 9.37. The number of nitrogens with zero attached hydrogens (tertiary/aromatic N) is 2. The molecule has 5 aromatic rings. The second kappa shape index (κ2) is 9.72. The Balaban J connectivity index is 1.79. The van der Waals surface area contributed by atoms with E-state index < -0.39 is 28.9 Å². The number of fused-ring (bicyclic) bond motifs is 1. The molecule has 0 saturated heterocycles. The van der Waals surface area contributed by atoms with Crippen LogP contribution in [-0.4, -0.2) is 15.0 Å². The second-order valence-electron chi connectivity index (χ2n) is 8.93. The molecule has 0 aliphatic carbocycles. The van der Waals surface area contributed by atoms with Gasteiger partial charge in [0.2, 0.25) is 5.95 Å². The van der Waals surface area contributed by atoms with Crippen molar-refractivity contribution in [1.29, 1.82) is 0 Å². The van der Waals surface area contributed by atoms with Crippen LogP contribution in [0, 0.1) is 18.6 Å². The Hall–Kier alpha value is -3.98. The topological polar surface area (TPSA) is 53.6 Å². The minimum atomic E-state index is -4.79. The molecule has 0 bridgehead atoms. The highest BCUT2D eigenvalue weighted by atomic mass is 35.5. The molecule has 10 heteroatoms. The number of aromatic nitrogens is 3. The predicted octanol–water partition coefficient (Wildman–Crippen LogP) is 7.82. The summed E-state index contributed by atoms with van der Waals surface area (Å²) in [6.45, 7) is 1.57.